The van der Waals surface area contributed by atoms with Crippen molar-refractivity contribution >= 4 is 17.5 Å². The normalized spacial score (nSPS) is 14.0. The second kappa shape index (κ2) is 9.28. The predicted molar refractivity (Wildman–Crippen MR) is 146 cm³/mol. The molecule has 4 aromatic carbocycles. The number of allylic oxidation sites excluding steroid dienone is 1. The van der Waals surface area contributed by atoms with Gasteiger partial charge in [-0.3, -0.25) is 14.5 Å². The minimum absolute atomic E-state index is 0.109. The van der Waals surface area contributed by atoms with Crippen LogP contribution >= 0.6 is 0 Å². The van der Waals surface area contributed by atoms with Crippen molar-refractivity contribution in [3.8, 4) is 22.3 Å². The molecule has 0 atom stereocenters. The Hall–Kier alpha value is -4.90. The highest BCUT2D eigenvalue weighted by Gasteiger charge is 2.27. The fourth-order valence-corrected chi connectivity index (χ4v) is 5.16. The molecule has 2 N–H and O–H groups in total. The van der Waals surface area contributed by atoms with E-state index in [1.807, 2.05) is 85.1 Å². The van der Waals surface area contributed by atoms with Crippen LogP contribution < -0.4 is 10.6 Å². The smallest absolute Gasteiger partial charge is 0.263 e. The van der Waals surface area contributed by atoms with E-state index >= 15 is 0 Å². The molecule has 0 radical (unpaired) electrons. The van der Waals surface area contributed by atoms with E-state index < -0.39 is 5.91 Å². The maximum absolute atomic E-state index is 14.3. The van der Waals surface area contributed by atoms with Crippen molar-refractivity contribution in [3.05, 3.63) is 138 Å². The number of carbonyl (C=O) groups excluding carboxylic acids is 2. The molecule has 0 fully saturated rings. The Labute approximate surface area is 215 Å². The second-order valence-electron chi connectivity index (χ2n) is 9.14. The van der Waals surface area contributed by atoms with E-state index in [0.29, 0.717) is 11.1 Å². The molecule has 37 heavy (non-hydrogen) atoms. The van der Waals surface area contributed by atoms with Gasteiger partial charge in [-0.1, -0.05) is 84.9 Å². The fraction of sp³-hybridized carbons (Fsp3) is 0.0625. The third kappa shape index (κ3) is 4.00. The summed E-state index contributed by atoms with van der Waals surface area (Å²) in [6.07, 6.45) is 6.94. The summed E-state index contributed by atoms with van der Waals surface area (Å²) in [7, 11) is 0. The Bertz CT molecular complexity index is 1600. The monoisotopic (exact) mass is 483 g/mol. The topological polar surface area (TPSA) is 66.6 Å². The number of fused-ring (bicyclic) bond motifs is 2. The number of carbonyl (C=O) groups is 2. The second-order valence-corrected chi connectivity index (χ2v) is 9.14. The molecule has 5 nitrogen and oxygen atoms in total. The van der Waals surface area contributed by atoms with Gasteiger partial charge in [-0.2, -0.15) is 0 Å². The van der Waals surface area contributed by atoms with Crippen molar-refractivity contribution in [2.75, 3.05) is 4.90 Å². The van der Waals surface area contributed by atoms with Crippen LogP contribution in [0.25, 0.3) is 22.3 Å². The first-order valence-electron chi connectivity index (χ1n) is 12.2. The number of hydrogen-bond acceptors (Lipinski definition) is 3. The van der Waals surface area contributed by atoms with Crippen LogP contribution in [0.5, 0.6) is 0 Å². The summed E-state index contributed by atoms with van der Waals surface area (Å²) < 4.78 is 0. The molecule has 0 bridgehead atoms. The first-order valence-corrected chi connectivity index (χ1v) is 12.2. The van der Waals surface area contributed by atoms with Gasteiger partial charge in [0.2, 0.25) is 5.91 Å². The number of rotatable bonds is 4. The Morgan fingerprint density at radius 2 is 1.24 bits per heavy atom. The van der Waals surface area contributed by atoms with Crippen molar-refractivity contribution in [2.45, 2.75) is 13.0 Å². The van der Waals surface area contributed by atoms with Gasteiger partial charge in [0.1, 0.15) is 0 Å². The number of hydrogen-bond donors (Lipinski definition) is 1. The molecule has 0 saturated heterocycles. The lowest BCUT2D eigenvalue weighted by Crippen LogP contribution is -2.26. The highest BCUT2D eigenvalue weighted by molar-refractivity contribution is 6.13. The summed E-state index contributed by atoms with van der Waals surface area (Å²) in [4.78, 5) is 30.5. The lowest BCUT2D eigenvalue weighted by Gasteiger charge is -2.22. The molecule has 2 aliphatic rings. The summed E-state index contributed by atoms with van der Waals surface area (Å²) in [5.74, 6) is -0.598. The van der Waals surface area contributed by atoms with Gasteiger partial charge in [0.05, 0.1) is 5.69 Å². The summed E-state index contributed by atoms with van der Waals surface area (Å²) in [6, 6.07) is 30.8. The number of primary amides is 1. The van der Waals surface area contributed by atoms with Gasteiger partial charge in [-0.25, -0.2) is 0 Å². The molecule has 2 heterocycles. The molecule has 0 saturated carbocycles. The van der Waals surface area contributed by atoms with E-state index in [0.717, 1.165) is 52.2 Å². The first kappa shape index (κ1) is 22.6. The van der Waals surface area contributed by atoms with E-state index in [-0.39, 0.29) is 5.91 Å². The van der Waals surface area contributed by atoms with Crippen LogP contribution in [0.4, 0.5) is 5.69 Å². The Morgan fingerprint density at radius 3 is 1.95 bits per heavy atom. The van der Waals surface area contributed by atoms with Gasteiger partial charge in [-0.15, -0.1) is 0 Å². The third-order valence-corrected chi connectivity index (χ3v) is 6.93. The van der Waals surface area contributed by atoms with Gasteiger partial charge in [-0.05, 0) is 46.0 Å². The van der Waals surface area contributed by atoms with Crippen LogP contribution in [0.15, 0.2) is 121 Å². The quantitative estimate of drug-likeness (QED) is 0.368. The minimum atomic E-state index is -0.489. The zero-order valence-corrected chi connectivity index (χ0v) is 20.2. The zero-order chi connectivity index (χ0) is 25.4. The molecule has 6 rings (SSSR count). The number of nitrogens with two attached hydrogens (primary N) is 1. The van der Waals surface area contributed by atoms with Crippen molar-refractivity contribution in [1.29, 1.82) is 0 Å². The van der Waals surface area contributed by atoms with Crippen molar-refractivity contribution in [2.24, 2.45) is 5.73 Å². The number of anilines is 1. The van der Waals surface area contributed by atoms with Crippen LogP contribution in [0, 0.1) is 0 Å². The molecule has 4 aromatic rings. The number of benzene rings is 4. The Balaban J connectivity index is 1.50. The van der Waals surface area contributed by atoms with Crippen LogP contribution in [-0.4, -0.2) is 16.7 Å². The van der Waals surface area contributed by atoms with Gasteiger partial charge in [0.25, 0.3) is 5.91 Å². The van der Waals surface area contributed by atoms with E-state index in [2.05, 4.69) is 23.2 Å². The SMILES string of the molecule is NC(=O)c1ccccc1-c1ccccc1-c1ccccc1C(=O)N1C=C2CC=CN2Cc2ccccc21. The van der Waals surface area contributed by atoms with Crippen molar-refractivity contribution in [3.63, 3.8) is 0 Å². The van der Waals surface area contributed by atoms with Crippen molar-refractivity contribution < 1.29 is 9.59 Å². The molecule has 180 valence electrons. The lowest BCUT2D eigenvalue weighted by molar-refractivity contribution is 0.0991. The highest BCUT2D eigenvalue weighted by Crippen LogP contribution is 2.38. The molecule has 2 amide bonds. The number of amides is 2. The zero-order valence-electron chi connectivity index (χ0n) is 20.2. The summed E-state index contributed by atoms with van der Waals surface area (Å²) in [5, 5.41) is 0. The van der Waals surface area contributed by atoms with Crippen LogP contribution in [0.3, 0.4) is 0 Å². The maximum Gasteiger partial charge on any atom is 0.263 e. The molecule has 0 spiro atoms. The number of para-hydroxylation sites is 1. The van der Waals surface area contributed by atoms with Gasteiger partial charge >= 0.3 is 0 Å². The standard InChI is InChI=1S/C32H25N3O2/c33-31(36)28-16-6-4-14-26(28)24-12-2-3-13-25(24)27-15-5-7-17-29(27)32(37)35-21-23-11-9-19-34(23)20-22-10-1-8-18-30(22)35/h1-10,12-19,21H,11,20H2,(H2,33,36). The van der Waals surface area contributed by atoms with Crippen LogP contribution in [0.1, 0.15) is 32.7 Å². The molecule has 2 aliphatic heterocycles. The summed E-state index contributed by atoms with van der Waals surface area (Å²) >= 11 is 0. The van der Waals surface area contributed by atoms with Crippen LogP contribution in [0.2, 0.25) is 0 Å². The minimum Gasteiger partial charge on any atom is -0.366 e. The predicted octanol–water partition coefficient (Wildman–Crippen LogP) is 6.34. The summed E-state index contributed by atoms with van der Waals surface area (Å²) in [6.45, 7) is 0.719. The third-order valence-electron chi connectivity index (χ3n) is 6.93. The maximum atomic E-state index is 14.3. The molecule has 5 heteroatoms. The first-order chi connectivity index (χ1) is 18.1. The fourth-order valence-electron chi connectivity index (χ4n) is 5.16. The molecular weight excluding hydrogens is 458 g/mol. The average Bonchev–Trinajstić information content (AvgIpc) is 3.31. The largest absolute Gasteiger partial charge is 0.366 e. The molecular formula is C32H25N3O2. The van der Waals surface area contributed by atoms with E-state index in [9.17, 15) is 9.59 Å². The highest BCUT2D eigenvalue weighted by atomic mass is 16.2. The lowest BCUT2D eigenvalue weighted by atomic mass is 9.89. The molecule has 0 unspecified atom stereocenters. The van der Waals surface area contributed by atoms with Crippen LogP contribution in [-0.2, 0) is 6.54 Å². The Kier molecular flexibility index (Phi) is 5.66. The summed E-state index contributed by atoms with van der Waals surface area (Å²) in [5.41, 5.74) is 13.0. The van der Waals surface area contributed by atoms with Gasteiger partial charge < -0.3 is 10.6 Å². The Morgan fingerprint density at radius 1 is 0.676 bits per heavy atom. The van der Waals surface area contributed by atoms with E-state index in [1.165, 1.54) is 0 Å². The van der Waals surface area contributed by atoms with E-state index in [1.54, 1.807) is 17.0 Å². The molecule has 0 aromatic heterocycles. The molecule has 0 aliphatic carbocycles. The average molecular weight is 484 g/mol. The number of nitrogens with zero attached hydrogens (tertiary/aromatic N) is 2. The van der Waals surface area contributed by atoms with Crippen molar-refractivity contribution in [1.82, 2.24) is 4.90 Å². The van der Waals surface area contributed by atoms with Gasteiger partial charge in [0.15, 0.2) is 0 Å². The van der Waals surface area contributed by atoms with Gasteiger partial charge in [0, 0.05) is 42.2 Å². The van der Waals surface area contributed by atoms with E-state index in [4.69, 9.17) is 5.73 Å².